The summed E-state index contributed by atoms with van der Waals surface area (Å²) in [6.07, 6.45) is 0.823. The van der Waals surface area contributed by atoms with Crippen LogP contribution in [0.25, 0.3) is 0 Å². The number of piperidine rings is 1. The van der Waals surface area contributed by atoms with E-state index < -0.39 is 6.10 Å². The molecule has 154 valence electrons. The topological polar surface area (TPSA) is 78.9 Å². The molecule has 2 aromatic rings. The Hall–Kier alpha value is -3.02. The molecule has 2 N–H and O–H groups in total. The van der Waals surface area contributed by atoms with Crippen molar-refractivity contribution in [1.82, 2.24) is 10.2 Å². The van der Waals surface area contributed by atoms with Crippen LogP contribution in [-0.4, -0.2) is 47.1 Å². The minimum atomic E-state index is -0.610. The van der Waals surface area contributed by atoms with Crippen molar-refractivity contribution in [3.05, 3.63) is 59.2 Å². The Kier molecular flexibility index (Phi) is 6.42. The van der Waals surface area contributed by atoms with E-state index in [0.29, 0.717) is 37.2 Å². The van der Waals surface area contributed by atoms with E-state index in [-0.39, 0.29) is 23.6 Å². The maximum absolute atomic E-state index is 12.7. The van der Waals surface area contributed by atoms with Gasteiger partial charge in [-0.3, -0.25) is 9.59 Å². The third kappa shape index (κ3) is 5.28. The number of amides is 2. The van der Waals surface area contributed by atoms with Crippen molar-refractivity contribution < 1.29 is 19.4 Å². The van der Waals surface area contributed by atoms with E-state index in [0.717, 1.165) is 11.1 Å². The van der Waals surface area contributed by atoms with Gasteiger partial charge in [0.15, 0.2) is 6.10 Å². The molecule has 1 saturated heterocycles. The maximum Gasteiger partial charge on any atom is 0.263 e. The van der Waals surface area contributed by atoms with E-state index >= 15 is 0 Å². The predicted molar refractivity (Wildman–Crippen MR) is 111 cm³/mol. The Morgan fingerprint density at radius 2 is 1.72 bits per heavy atom. The van der Waals surface area contributed by atoms with Gasteiger partial charge in [0.1, 0.15) is 11.5 Å². The molecule has 0 saturated carbocycles. The fourth-order valence-corrected chi connectivity index (χ4v) is 3.43. The van der Waals surface area contributed by atoms with Crippen LogP contribution in [0.4, 0.5) is 0 Å². The lowest BCUT2D eigenvalue weighted by atomic mass is 10.0. The Bertz CT molecular complexity index is 871. The van der Waals surface area contributed by atoms with Crippen molar-refractivity contribution in [1.29, 1.82) is 0 Å². The first kappa shape index (κ1) is 20.7. The van der Waals surface area contributed by atoms with Crippen molar-refractivity contribution in [2.75, 3.05) is 13.1 Å². The minimum Gasteiger partial charge on any atom is -0.508 e. The normalized spacial score (nSPS) is 15.6. The van der Waals surface area contributed by atoms with E-state index in [1.165, 1.54) is 12.1 Å². The summed E-state index contributed by atoms with van der Waals surface area (Å²) in [5.74, 6) is 0.555. The van der Waals surface area contributed by atoms with Gasteiger partial charge in [-0.05, 0) is 81.1 Å². The summed E-state index contributed by atoms with van der Waals surface area (Å²) in [4.78, 5) is 26.9. The number of benzene rings is 2. The molecule has 1 atom stereocenters. The van der Waals surface area contributed by atoms with Crippen molar-refractivity contribution in [3.63, 3.8) is 0 Å². The molecule has 1 heterocycles. The lowest BCUT2D eigenvalue weighted by molar-refractivity contribution is -0.139. The number of aryl methyl sites for hydroxylation is 2. The smallest absolute Gasteiger partial charge is 0.263 e. The van der Waals surface area contributed by atoms with Crippen molar-refractivity contribution in [2.45, 2.75) is 45.8 Å². The fraction of sp³-hybridized carbons (Fsp3) is 0.391. The molecule has 2 aromatic carbocycles. The van der Waals surface area contributed by atoms with E-state index in [2.05, 4.69) is 5.32 Å². The van der Waals surface area contributed by atoms with Gasteiger partial charge in [0, 0.05) is 24.7 Å². The molecule has 1 unspecified atom stereocenters. The third-order valence-corrected chi connectivity index (χ3v) is 5.41. The standard InChI is InChI=1S/C23H28N2O4/c1-15-4-5-18(14-16(15)2)22(27)24-19-10-12-25(13-11-19)23(28)17(3)29-21-8-6-20(26)7-9-21/h4-9,14,17,19,26H,10-13H2,1-3H3,(H,24,27). The van der Waals surface area contributed by atoms with Crippen molar-refractivity contribution in [2.24, 2.45) is 0 Å². The third-order valence-electron chi connectivity index (χ3n) is 5.41. The molecule has 1 aliphatic rings. The number of phenolic OH excluding ortho intramolecular Hbond substituents is 1. The fourth-order valence-electron chi connectivity index (χ4n) is 3.43. The molecule has 0 aliphatic carbocycles. The Morgan fingerprint density at radius 3 is 2.34 bits per heavy atom. The molecule has 6 nitrogen and oxygen atoms in total. The molecule has 0 spiro atoms. The first-order valence-corrected chi connectivity index (χ1v) is 9.96. The summed E-state index contributed by atoms with van der Waals surface area (Å²) in [7, 11) is 0. The van der Waals surface area contributed by atoms with E-state index in [9.17, 15) is 14.7 Å². The summed E-state index contributed by atoms with van der Waals surface area (Å²) < 4.78 is 5.68. The van der Waals surface area contributed by atoms with Crippen LogP contribution in [0.3, 0.4) is 0 Å². The number of carbonyl (C=O) groups is 2. The molecule has 0 aromatic heterocycles. The van der Waals surface area contributed by atoms with Gasteiger partial charge in [-0.2, -0.15) is 0 Å². The van der Waals surface area contributed by atoms with Gasteiger partial charge in [0.2, 0.25) is 0 Å². The highest BCUT2D eigenvalue weighted by molar-refractivity contribution is 5.94. The van der Waals surface area contributed by atoms with Gasteiger partial charge < -0.3 is 20.1 Å². The lowest BCUT2D eigenvalue weighted by Gasteiger charge is -2.33. The monoisotopic (exact) mass is 396 g/mol. The summed E-state index contributed by atoms with van der Waals surface area (Å²) in [5.41, 5.74) is 2.93. The van der Waals surface area contributed by atoms with Gasteiger partial charge in [-0.25, -0.2) is 0 Å². The SMILES string of the molecule is Cc1ccc(C(=O)NC2CCN(C(=O)C(C)Oc3ccc(O)cc3)CC2)cc1C. The molecule has 29 heavy (non-hydrogen) atoms. The zero-order chi connectivity index (χ0) is 21.0. The van der Waals surface area contributed by atoms with Crippen LogP contribution in [-0.2, 0) is 4.79 Å². The second-order valence-corrected chi connectivity index (χ2v) is 7.63. The largest absolute Gasteiger partial charge is 0.508 e. The number of ether oxygens (including phenoxy) is 1. The van der Waals surface area contributed by atoms with Gasteiger partial charge in [-0.15, -0.1) is 0 Å². The average molecular weight is 396 g/mol. The van der Waals surface area contributed by atoms with Gasteiger partial charge in [-0.1, -0.05) is 6.07 Å². The lowest BCUT2D eigenvalue weighted by Crippen LogP contribution is -2.49. The minimum absolute atomic E-state index is 0.0569. The second kappa shape index (κ2) is 8.99. The van der Waals surface area contributed by atoms with Crippen LogP contribution in [0, 0.1) is 13.8 Å². The second-order valence-electron chi connectivity index (χ2n) is 7.63. The molecule has 0 radical (unpaired) electrons. The number of phenols is 1. The Labute approximate surface area is 171 Å². The van der Waals surface area contributed by atoms with Crippen LogP contribution >= 0.6 is 0 Å². The van der Waals surface area contributed by atoms with Gasteiger partial charge >= 0.3 is 0 Å². The number of hydrogen-bond donors (Lipinski definition) is 2. The molecule has 0 bridgehead atoms. The molecule has 3 rings (SSSR count). The Balaban J connectivity index is 1.49. The quantitative estimate of drug-likeness (QED) is 0.814. The van der Waals surface area contributed by atoms with Gasteiger partial charge in [0.25, 0.3) is 11.8 Å². The molecule has 6 heteroatoms. The molecular weight excluding hydrogens is 368 g/mol. The van der Waals surface area contributed by atoms with Crippen LogP contribution in [0.1, 0.15) is 41.3 Å². The number of aromatic hydroxyl groups is 1. The number of hydrogen-bond acceptors (Lipinski definition) is 4. The number of nitrogens with one attached hydrogen (secondary N) is 1. The van der Waals surface area contributed by atoms with Crippen LogP contribution in [0.15, 0.2) is 42.5 Å². The summed E-state index contributed by atoms with van der Waals surface area (Å²) >= 11 is 0. The van der Waals surface area contributed by atoms with Crippen LogP contribution in [0.2, 0.25) is 0 Å². The average Bonchev–Trinajstić information content (AvgIpc) is 2.71. The van der Waals surface area contributed by atoms with Gasteiger partial charge in [0.05, 0.1) is 0 Å². The van der Waals surface area contributed by atoms with E-state index in [4.69, 9.17) is 4.74 Å². The number of rotatable bonds is 5. The first-order valence-electron chi connectivity index (χ1n) is 9.96. The van der Waals surface area contributed by atoms with Crippen LogP contribution < -0.4 is 10.1 Å². The number of nitrogens with zero attached hydrogens (tertiary/aromatic N) is 1. The zero-order valence-electron chi connectivity index (χ0n) is 17.1. The number of likely N-dealkylation sites (tertiary alicyclic amines) is 1. The number of carbonyl (C=O) groups excluding carboxylic acids is 2. The van der Waals surface area contributed by atoms with Crippen molar-refractivity contribution >= 4 is 11.8 Å². The summed E-state index contributed by atoms with van der Waals surface area (Å²) in [5, 5.41) is 12.4. The van der Waals surface area contributed by atoms with Crippen molar-refractivity contribution in [3.8, 4) is 11.5 Å². The zero-order valence-corrected chi connectivity index (χ0v) is 17.1. The maximum atomic E-state index is 12.7. The van der Waals surface area contributed by atoms with E-state index in [1.807, 2.05) is 32.0 Å². The molecule has 1 fully saturated rings. The highest BCUT2D eigenvalue weighted by Crippen LogP contribution is 2.19. The first-order chi connectivity index (χ1) is 13.8. The predicted octanol–water partition coefficient (Wildman–Crippen LogP) is 3.20. The molecule has 1 aliphatic heterocycles. The Morgan fingerprint density at radius 1 is 1.07 bits per heavy atom. The van der Waals surface area contributed by atoms with E-state index in [1.54, 1.807) is 24.0 Å². The molecular formula is C23H28N2O4. The highest BCUT2D eigenvalue weighted by atomic mass is 16.5. The van der Waals surface area contributed by atoms with Crippen LogP contribution in [0.5, 0.6) is 11.5 Å². The molecule has 2 amide bonds. The summed E-state index contributed by atoms with van der Waals surface area (Å²) in [6, 6.07) is 12.1. The highest BCUT2D eigenvalue weighted by Gasteiger charge is 2.28. The summed E-state index contributed by atoms with van der Waals surface area (Å²) in [6.45, 7) is 6.91.